The van der Waals surface area contributed by atoms with Crippen molar-refractivity contribution in [2.45, 2.75) is 204 Å². The molecule has 1 N–H and O–H groups in total. The molecular weight excluding hydrogens is 652 g/mol. The quantitative estimate of drug-likeness (QED) is 0.195. The zero-order valence-corrected chi connectivity index (χ0v) is 33.5. The first-order chi connectivity index (χ1) is 23.6. The normalized spacial score (nSPS) is 33.1. The molecule has 12 nitrogen and oxygen atoms in total. The van der Waals surface area contributed by atoms with Crippen LogP contribution in [-0.2, 0) is 23.9 Å². The van der Waals surface area contributed by atoms with Gasteiger partial charge < -0.3 is 19.1 Å². The zero-order valence-electron chi connectivity index (χ0n) is 33.5. The van der Waals surface area contributed by atoms with E-state index in [0.29, 0.717) is 43.9 Å². The number of amides is 3. The first-order valence-corrected chi connectivity index (χ1v) is 19.6. The van der Waals surface area contributed by atoms with Crippen molar-refractivity contribution in [3.63, 3.8) is 0 Å². The van der Waals surface area contributed by atoms with Crippen molar-refractivity contribution in [1.82, 2.24) is 20.1 Å². The van der Waals surface area contributed by atoms with Gasteiger partial charge >= 0.3 is 12.2 Å². The lowest BCUT2D eigenvalue weighted by molar-refractivity contribution is -0.294. The standard InChI is InChI=1S/C39H68N4O8/c1-12-38(23-34(2,3)42(48-10)35(4,5)24-38)51-33(46)41(47)30-19-15-28(16-20-30)21-27-13-17-29(18-14-27)40-31(44)22-39(50-32(40)45)25-36(6,7)43(49-11)37(8,9)26-39/h27-30,47H,12-26H2,1-11H3. The van der Waals surface area contributed by atoms with Crippen LogP contribution >= 0.6 is 0 Å². The minimum absolute atomic E-state index is 0.115. The van der Waals surface area contributed by atoms with E-state index < -0.39 is 34.5 Å². The highest BCUT2D eigenvalue weighted by atomic mass is 16.7. The van der Waals surface area contributed by atoms with Gasteiger partial charge in [0.15, 0.2) is 0 Å². The molecule has 2 aliphatic carbocycles. The third-order valence-corrected chi connectivity index (χ3v) is 13.0. The van der Waals surface area contributed by atoms with Crippen LogP contribution in [0.1, 0.15) is 159 Å². The van der Waals surface area contributed by atoms with Crippen molar-refractivity contribution >= 4 is 18.1 Å². The molecule has 0 aromatic carbocycles. The number of hydroxylamine groups is 6. The maximum absolute atomic E-state index is 13.6. The van der Waals surface area contributed by atoms with Gasteiger partial charge in [0.25, 0.3) is 0 Å². The van der Waals surface area contributed by atoms with Crippen LogP contribution in [0.25, 0.3) is 0 Å². The van der Waals surface area contributed by atoms with Crippen LogP contribution in [-0.4, -0.2) is 103 Å². The summed E-state index contributed by atoms with van der Waals surface area (Å²) in [6.07, 6.45) is 10.0. The minimum atomic E-state index is -0.823. The molecule has 5 rings (SSSR count). The molecule has 51 heavy (non-hydrogen) atoms. The topological polar surface area (TPSA) is 121 Å². The van der Waals surface area contributed by atoms with Crippen molar-refractivity contribution in [2.24, 2.45) is 11.8 Å². The Hall–Kier alpha value is -1.99. The number of carbonyl (C=O) groups is 3. The third-order valence-electron chi connectivity index (χ3n) is 13.0. The number of hydrogen-bond donors (Lipinski definition) is 1. The molecule has 0 atom stereocenters. The molecule has 2 saturated carbocycles. The molecule has 12 heteroatoms. The van der Waals surface area contributed by atoms with Crippen molar-refractivity contribution in [3.8, 4) is 0 Å². The van der Waals surface area contributed by atoms with E-state index in [1.165, 1.54) is 4.90 Å². The van der Waals surface area contributed by atoms with Crippen LogP contribution in [0.3, 0.4) is 0 Å². The smallest absolute Gasteiger partial charge is 0.434 e. The fraction of sp³-hybridized carbons (Fsp3) is 0.923. The molecular formula is C39H68N4O8. The van der Waals surface area contributed by atoms with Gasteiger partial charge in [0.2, 0.25) is 5.91 Å². The summed E-state index contributed by atoms with van der Waals surface area (Å²) in [4.78, 5) is 53.4. The molecule has 0 aromatic rings. The zero-order chi connectivity index (χ0) is 37.8. The molecule has 3 heterocycles. The largest absolute Gasteiger partial charge is 0.442 e. The number of hydrogen-bond acceptors (Lipinski definition) is 10. The van der Waals surface area contributed by atoms with Gasteiger partial charge in [-0.25, -0.2) is 14.5 Å². The summed E-state index contributed by atoms with van der Waals surface area (Å²) >= 11 is 0. The van der Waals surface area contributed by atoms with Crippen LogP contribution in [0.5, 0.6) is 0 Å². The van der Waals surface area contributed by atoms with Gasteiger partial charge in [0, 0.05) is 53.9 Å². The summed E-state index contributed by atoms with van der Waals surface area (Å²) in [6.45, 7) is 18.7. The van der Waals surface area contributed by atoms with E-state index >= 15 is 0 Å². The Balaban J connectivity index is 1.08. The van der Waals surface area contributed by atoms with E-state index in [1.807, 2.05) is 17.1 Å². The van der Waals surface area contributed by atoms with Crippen LogP contribution in [0.15, 0.2) is 0 Å². The monoisotopic (exact) mass is 721 g/mol. The summed E-state index contributed by atoms with van der Waals surface area (Å²) < 4.78 is 12.4. The maximum Gasteiger partial charge on any atom is 0.434 e. The van der Waals surface area contributed by atoms with E-state index in [0.717, 1.165) is 62.9 Å². The molecule has 3 saturated heterocycles. The highest BCUT2D eigenvalue weighted by Crippen LogP contribution is 2.50. The van der Waals surface area contributed by atoms with E-state index in [1.54, 1.807) is 14.2 Å². The molecule has 1 spiro atoms. The summed E-state index contributed by atoms with van der Waals surface area (Å²) in [5.41, 5.74) is -3.01. The first kappa shape index (κ1) is 40.2. The number of piperidine rings is 2. The van der Waals surface area contributed by atoms with Crippen molar-refractivity contribution in [3.05, 3.63) is 0 Å². The number of rotatable bonds is 8. The molecule has 0 unspecified atom stereocenters. The second-order valence-corrected chi connectivity index (χ2v) is 19.2. The fourth-order valence-corrected chi connectivity index (χ4v) is 12.0. The van der Waals surface area contributed by atoms with Crippen LogP contribution in [0.2, 0.25) is 0 Å². The molecule has 5 fully saturated rings. The summed E-state index contributed by atoms with van der Waals surface area (Å²) in [7, 11) is 3.35. The van der Waals surface area contributed by atoms with E-state index in [9.17, 15) is 19.6 Å². The molecule has 0 radical (unpaired) electrons. The summed E-state index contributed by atoms with van der Waals surface area (Å²) in [5.74, 6) is 0.949. The van der Waals surface area contributed by atoms with Gasteiger partial charge in [-0.1, -0.05) is 6.92 Å². The van der Waals surface area contributed by atoms with Gasteiger partial charge in [-0.2, -0.15) is 15.2 Å². The Bertz CT molecular complexity index is 1230. The molecule has 292 valence electrons. The lowest BCUT2D eigenvalue weighted by Gasteiger charge is -2.58. The Labute approximate surface area is 306 Å². The molecule has 0 bridgehead atoms. The van der Waals surface area contributed by atoms with Gasteiger partial charge in [-0.3, -0.25) is 10.0 Å². The predicted molar refractivity (Wildman–Crippen MR) is 192 cm³/mol. The predicted octanol–water partition coefficient (Wildman–Crippen LogP) is 8.01. The second kappa shape index (κ2) is 14.3. The molecule has 5 aliphatic rings. The lowest BCUT2D eigenvalue weighted by atomic mass is 9.70. The van der Waals surface area contributed by atoms with Crippen molar-refractivity contribution in [1.29, 1.82) is 0 Å². The highest BCUT2D eigenvalue weighted by molar-refractivity contribution is 5.95. The van der Waals surface area contributed by atoms with Gasteiger partial charge in [0.1, 0.15) is 11.2 Å². The average molecular weight is 721 g/mol. The van der Waals surface area contributed by atoms with Crippen LogP contribution < -0.4 is 0 Å². The lowest BCUT2D eigenvalue weighted by Crippen LogP contribution is -2.68. The third kappa shape index (κ3) is 8.10. The van der Waals surface area contributed by atoms with E-state index in [4.69, 9.17) is 19.1 Å². The molecule has 3 aliphatic heterocycles. The Kier molecular flexibility index (Phi) is 11.3. The van der Waals surface area contributed by atoms with Crippen LogP contribution in [0, 0.1) is 11.8 Å². The van der Waals surface area contributed by atoms with Crippen molar-refractivity contribution in [2.75, 3.05) is 14.2 Å². The van der Waals surface area contributed by atoms with Gasteiger partial charge in [-0.05, 0) is 131 Å². The molecule has 0 aromatic heterocycles. The Morgan fingerprint density at radius 3 is 1.65 bits per heavy atom. The SMILES string of the molecule is CCC1(OC(=O)N(O)C2CCC(CC3CCC(N4C(=O)CC5(CC(C)(C)N(OC)C(C)(C)C5)OC4=O)CC3)CC2)CC(C)(C)N(OC)C(C)(C)C1. The average Bonchev–Trinajstić information content (AvgIpc) is 2.99. The van der Waals surface area contributed by atoms with Gasteiger partial charge in [0.05, 0.1) is 26.7 Å². The van der Waals surface area contributed by atoms with Crippen molar-refractivity contribution < 1.29 is 38.7 Å². The maximum atomic E-state index is 13.6. The summed E-state index contributed by atoms with van der Waals surface area (Å²) in [5, 5.41) is 15.9. The number of ether oxygens (including phenoxy) is 2. The Morgan fingerprint density at radius 2 is 1.22 bits per heavy atom. The first-order valence-electron chi connectivity index (χ1n) is 19.6. The number of imide groups is 1. The highest BCUT2D eigenvalue weighted by Gasteiger charge is 2.59. The Morgan fingerprint density at radius 1 is 0.765 bits per heavy atom. The van der Waals surface area contributed by atoms with E-state index in [-0.39, 0.29) is 35.5 Å². The minimum Gasteiger partial charge on any atom is -0.442 e. The van der Waals surface area contributed by atoms with Crippen LogP contribution in [0.4, 0.5) is 9.59 Å². The number of carbonyl (C=O) groups excluding carboxylic acids is 3. The molecule has 3 amide bonds. The van der Waals surface area contributed by atoms with E-state index in [2.05, 4.69) is 55.4 Å². The summed E-state index contributed by atoms with van der Waals surface area (Å²) in [6, 6.07) is -0.372. The van der Waals surface area contributed by atoms with Gasteiger partial charge in [-0.15, -0.1) is 0 Å². The fourth-order valence-electron chi connectivity index (χ4n) is 12.0. The number of nitrogens with zero attached hydrogens (tertiary/aromatic N) is 4. The second-order valence-electron chi connectivity index (χ2n) is 19.2.